The Bertz CT molecular complexity index is 614. The molecule has 1 aliphatic rings. The molecule has 0 spiro atoms. The van der Waals surface area contributed by atoms with Crippen LogP contribution < -0.4 is 14.9 Å². The van der Waals surface area contributed by atoms with Crippen LogP contribution in [0.1, 0.15) is 19.4 Å². The lowest BCUT2D eigenvalue weighted by Gasteiger charge is -2.19. The minimum atomic E-state index is -3.41. The number of carbonyl (C=O) groups excluding carboxylic acids is 1. The normalized spacial score (nSPS) is 14.1. The Labute approximate surface area is 125 Å². The van der Waals surface area contributed by atoms with E-state index in [1.165, 1.54) is 4.31 Å². The second-order valence-corrected chi connectivity index (χ2v) is 7.33. The van der Waals surface area contributed by atoms with Crippen LogP contribution in [0.2, 0.25) is 0 Å². The van der Waals surface area contributed by atoms with Gasteiger partial charge in [0.2, 0.25) is 10.0 Å². The molecule has 0 atom stereocenters. The topological polar surface area (TPSA) is 78.5 Å². The first-order valence-electron chi connectivity index (χ1n) is 7.03. The monoisotopic (exact) mass is 311 g/mol. The van der Waals surface area contributed by atoms with Gasteiger partial charge in [-0.25, -0.2) is 13.2 Å². The maximum atomic E-state index is 12.4. The van der Waals surface area contributed by atoms with Gasteiger partial charge in [-0.05, 0) is 31.9 Å². The average molecular weight is 311 g/mol. The van der Waals surface area contributed by atoms with Gasteiger partial charge >= 0.3 is 6.03 Å². The van der Waals surface area contributed by atoms with Gasteiger partial charge in [0, 0.05) is 19.1 Å². The van der Waals surface area contributed by atoms with Gasteiger partial charge in [-0.1, -0.05) is 18.2 Å². The summed E-state index contributed by atoms with van der Waals surface area (Å²) >= 11 is 0. The highest BCUT2D eigenvalue weighted by atomic mass is 32.2. The molecule has 2 N–H and O–H groups in total. The van der Waals surface area contributed by atoms with Crippen LogP contribution in [0.25, 0.3) is 0 Å². The Morgan fingerprint density at radius 1 is 1.33 bits per heavy atom. The van der Waals surface area contributed by atoms with Crippen molar-refractivity contribution in [3.63, 3.8) is 0 Å². The molecule has 1 aromatic rings. The largest absolute Gasteiger partial charge is 0.337 e. The van der Waals surface area contributed by atoms with Gasteiger partial charge in [0.15, 0.2) is 0 Å². The van der Waals surface area contributed by atoms with Crippen molar-refractivity contribution in [3.05, 3.63) is 29.8 Å². The Hall–Kier alpha value is -1.76. The molecule has 2 amide bonds. The number of benzene rings is 1. The molecule has 1 aliphatic heterocycles. The van der Waals surface area contributed by atoms with Crippen LogP contribution >= 0.6 is 0 Å². The highest BCUT2D eigenvalue weighted by Gasteiger charge is 2.28. The molecule has 1 heterocycles. The fourth-order valence-corrected chi connectivity index (χ4v) is 3.74. The molecule has 0 saturated carbocycles. The smallest absolute Gasteiger partial charge is 0.315 e. The zero-order valence-electron chi connectivity index (χ0n) is 12.3. The van der Waals surface area contributed by atoms with E-state index in [4.69, 9.17) is 0 Å². The standard InChI is InChI=1S/C14H21N3O3S/c1-11(2)16-14(18)15-8-10-21(19,20)17-9-7-12-5-3-4-6-13(12)17/h3-6,11H,7-10H2,1-2H3,(H2,15,16,18). The lowest BCUT2D eigenvalue weighted by atomic mass is 10.2. The van der Waals surface area contributed by atoms with Crippen LogP contribution in [0.5, 0.6) is 0 Å². The minimum absolute atomic E-state index is 0.0204. The number of nitrogens with zero attached hydrogens (tertiary/aromatic N) is 1. The van der Waals surface area contributed by atoms with Crippen LogP contribution in [0.3, 0.4) is 0 Å². The second-order valence-electron chi connectivity index (χ2n) is 5.32. The molecule has 6 nitrogen and oxygen atoms in total. The molecule has 0 saturated heterocycles. The summed E-state index contributed by atoms with van der Waals surface area (Å²) in [5.41, 5.74) is 1.80. The number of rotatable bonds is 5. The molecular weight excluding hydrogens is 290 g/mol. The van der Waals surface area contributed by atoms with Crippen molar-refractivity contribution in [2.75, 3.05) is 23.1 Å². The lowest BCUT2D eigenvalue weighted by molar-refractivity contribution is 0.239. The number of carbonyl (C=O) groups is 1. The first-order chi connectivity index (χ1) is 9.90. The molecule has 7 heteroatoms. The van der Waals surface area contributed by atoms with E-state index in [-0.39, 0.29) is 24.4 Å². The summed E-state index contributed by atoms with van der Waals surface area (Å²) in [5, 5.41) is 5.22. The van der Waals surface area contributed by atoms with Gasteiger partial charge in [0.05, 0.1) is 11.4 Å². The zero-order valence-corrected chi connectivity index (χ0v) is 13.1. The van der Waals surface area contributed by atoms with Crippen molar-refractivity contribution in [2.45, 2.75) is 26.3 Å². The van der Waals surface area contributed by atoms with E-state index >= 15 is 0 Å². The van der Waals surface area contributed by atoms with Crippen LogP contribution in [0, 0.1) is 0 Å². The number of hydrogen-bond donors (Lipinski definition) is 2. The summed E-state index contributed by atoms with van der Waals surface area (Å²) < 4.78 is 26.1. The Morgan fingerprint density at radius 3 is 2.76 bits per heavy atom. The van der Waals surface area contributed by atoms with Gasteiger partial charge in [-0.2, -0.15) is 0 Å². The molecular formula is C14H21N3O3S. The molecule has 0 radical (unpaired) electrons. The van der Waals surface area contributed by atoms with Gasteiger partial charge in [-0.15, -0.1) is 0 Å². The summed E-state index contributed by atoms with van der Waals surface area (Å²) in [5.74, 6) is -0.104. The van der Waals surface area contributed by atoms with Crippen molar-refractivity contribution in [1.29, 1.82) is 0 Å². The van der Waals surface area contributed by atoms with Crippen LogP contribution in [-0.4, -0.2) is 39.3 Å². The maximum Gasteiger partial charge on any atom is 0.315 e. The number of urea groups is 1. The Kier molecular flexibility index (Phi) is 4.72. The molecule has 0 unspecified atom stereocenters. The maximum absolute atomic E-state index is 12.4. The molecule has 116 valence electrons. The van der Waals surface area contributed by atoms with E-state index in [2.05, 4.69) is 10.6 Å². The van der Waals surface area contributed by atoms with Crippen molar-refractivity contribution < 1.29 is 13.2 Å². The number of fused-ring (bicyclic) bond motifs is 1. The third kappa shape index (κ3) is 3.87. The third-order valence-corrected chi connectivity index (χ3v) is 5.02. The highest BCUT2D eigenvalue weighted by molar-refractivity contribution is 7.92. The SMILES string of the molecule is CC(C)NC(=O)NCCS(=O)(=O)N1CCc2ccccc21. The predicted molar refractivity (Wildman–Crippen MR) is 82.9 cm³/mol. The fraction of sp³-hybridized carbons (Fsp3) is 0.500. The zero-order chi connectivity index (χ0) is 15.5. The molecule has 0 fully saturated rings. The predicted octanol–water partition coefficient (Wildman–Crippen LogP) is 1.09. The second kappa shape index (κ2) is 6.34. The van der Waals surface area contributed by atoms with E-state index < -0.39 is 10.0 Å². The number of nitrogens with one attached hydrogen (secondary N) is 2. The average Bonchev–Trinajstić information content (AvgIpc) is 2.82. The lowest BCUT2D eigenvalue weighted by Crippen LogP contribution is -2.43. The van der Waals surface area contributed by atoms with E-state index in [9.17, 15) is 13.2 Å². The summed E-state index contributed by atoms with van der Waals surface area (Å²) in [6.07, 6.45) is 0.733. The van der Waals surface area contributed by atoms with Gasteiger partial charge in [0.25, 0.3) is 0 Å². The summed E-state index contributed by atoms with van der Waals surface area (Å²) in [6.45, 7) is 4.26. The number of para-hydroxylation sites is 1. The minimum Gasteiger partial charge on any atom is -0.337 e. The number of anilines is 1. The number of amides is 2. The van der Waals surface area contributed by atoms with Gasteiger partial charge < -0.3 is 10.6 Å². The molecule has 2 rings (SSSR count). The molecule has 21 heavy (non-hydrogen) atoms. The van der Waals surface area contributed by atoms with E-state index in [1.807, 2.05) is 38.1 Å². The van der Waals surface area contributed by atoms with Crippen molar-refractivity contribution in [2.24, 2.45) is 0 Å². The Balaban J connectivity index is 1.93. The van der Waals surface area contributed by atoms with Crippen molar-refractivity contribution in [1.82, 2.24) is 10.6 Å². The van der Waals surface area contributed by atoms with Crippen LogP contribution in [0.15, 0.2) is 24.3 Å². The first-order valence-corrected chi connectivity index (χ1v) is 8.64. The summed E-state index contributed by atoms with van der Waals surface area (Å²) in [7, 11) is -3.41. The number of hydrogen-bond acceptors (Lipinski definition) is 3. The highest BCUT2D eigenvalue weighted by Crippen LogP contribution is 2.29. The first kappa shape index (κ1) is 15.6. The molecule has 0 aliphatic carbocycles. The van der Waals surface area contributed by atoms with Crippen molar-refractivity contribution in [3.8, 4) is 0 Å². The molecule has 0 bridgehead atoms. The van der Waals surface area contributed by atoms with Crippen LogP contribution in [0.4, 0.5) is 10.5 Å². The van der Waals surface area contributed by atoms with Gasteiger partial charge in [-0.3, -0.25) is 4.31 Å². The quantitative estimate of drug-likeness (QED) is 0.854. The molecule has 1 aromatic carbocycles. The van der Waals surface area contributed by atoms with Crippen molar-refractivity contribution >= 4 is 21.7 Å². The number of sulfonamides is 1. The van der Waals surface area contributed by atoms with E-state index in [0.717, 1.165) is 17.7 Å². The Morgan fingerprint density at radius 2 is 2.05 bits per heavy atom. The van der Waals surface area contributed by atoms with E-state index in [1.54, 1.807) is 0 Å². The van der Waals surface area contributed by atoms with Gasteiger partial charge in [0.1, 0.15) is 0 Å². The molecule has 0 aromatic heterocycles. The van der Waals surface area contributed by atoms with E-state index in [0.29, 0.717) is 6.54 Å². The van der Waals surface area contributed by atoms with Crippen LogP contribution in [-0.2, 0) is 16.4 Å². The third-order valence-electron chi connectivity index (χ3n) is 3.25. The fourth-order valence-electron chi connectivity index (χ4n) is 2.31. The summed E-state index contributed by atoms with van der Waals surface area (Å²) in [4.78, 5) is 11.4. The summed E-state index contributed by atoms with van der Waals surface area (Å²) in [6, 6.07) is 7.18.